The Morgan fingerprint density at radius 1 is 1.24 bits per heavy atom. The molecule has 2 aromatic rings. The van der Waals surface area contributed by atoms with Crippen LogP contribution in [0.2, 0.25) is 0 Å². The van der Waals surface area contributed by atoms with Crippen molar-refractivity contribution in [2.45, 2.75) is 25.8 Å². The van der Waals surface area contributed by atoms with Crippen LogP contribution in [0, 0.1) is 6.92 Å². The molecule has 5 heteroatoms. The summed E-state index contributed by atoms with van der Waals surface area (Å²) in [5.74, 6) is 0.507. The normalized spacial score (nSPS) is 16.8. The summed E-state index contributed by atoms with van der Waals surface area (Å²) in [6.45, 7) is 2.63. The van der Waals surface area contributed by atoms with Gasteiger partial charge in [-0.2, -0.15) is 0 Å². The van der Waals surface area contributed by atoms with Crippen LogP contribution in [0.25, 0.3) is 0 Å². The lowest BCUT2D eigenvalue weighted by atomic mass is 10.1. The minimum Gasteiger partial charge on any atom is -0.497 e. The number of carbonyl (C=O) groups is 2. The van der Waals surface area contributed by atoms with Crippen LogP contribution >= 0.6 is 0 Å². The van der Waals surface area contributed by atoms with Crippen molar-refractivity contribution >= 4 is 17.5 Å². The van der Waals surface area contributed by atoms with Crippen molar-refractivity contribution in [3.8, 4) is 5.75 Å². The third kappa shape index (κ3) is 3.99. The number of nitrogens with zero attached hydrogens (tertiary/aromatic N) is 1. The van der Waals surface area contributed by atoms with Crippen molar-refractivity contribution in [3.05, 3.63) is 59.7 Å². The van der Waals surface area contributed by atoms with Crippen LogP contribution in [0.1, 0.15) is 17.5 Å². The molecule has 3 rings (SSSR count). The second-order valence-electron chi connectivity index (χ2n) is 6.26. The highest BCUT2D eigenvalue weighted by Crippen LogP contribution is 2.22. The standard InChI is InChI=1S/C20H22N2O3/c1-14-6-8-16(9-7-14)22-11-10-18(20(22)24)21-19(23)13-15-4-3-5-17(12-15)25-2/h3-9,12,18H,10-11,13H2,1-2H3,(H,21,23)/t18-/m1/s1. The summed E-state index contributed by atoms with van der Waals surface area (Å²) in [6.07, 6.45) is 0.849. The molecule has 2 amide bonds. The van der Waals surface area contributed by atoms with E-state index < -0.39 is 6.04 Å². The molecule has 0 saturated carbocycles. The molecule has 0 unspecified atom stereocenters. The highest BCUT2D eigenvalue weighted by molar-refractivity contribution is 6.01. The van der Waals surface area contributed by atoms with Crippen molar-refractivity contribution < 1.29 is 14.3 Å². The molecule has 1 aliphatic rings. The molecule has 1 atom stereocenters. The van der Waals surface area contributed by atoms with Crippen molar-refractivity contribution in [3.63, 3.8) is 0 Å². The second-order valence-corrected chi connectivity index (χ2v) is 6.26. The smallest absolute Gasteiger partial charge is 0.249 e. The maximum absolute atomic E-state index is 12.6. The van der Waals surface area contributed by atoms with Gasteiger partial charge >= 0.3 is 0 Å². The zero-order valence-electron chi connectivity index (χ0n) is 14.5. The summed E-state index contributed by atoms with van der Waals surface area (Å²) < 4.78 is 5.17. The van der Waals surface area contributed by atoms with Gasteiger partial charge < -0.3 is 15.0 Å². The van der Waals surface area contributed by atoms with Crippen LogP contribution in [0.4, 0.5) is 5.69 Å². The van der Waals surface area contributed by atoms with E-state index in [-0.39, 0.29) is 18.2 Å². The molecule has 0 radical (unpaired) electrons. The maximum Gasteiger partial charge on any atom is 0.249 e. The van der Waals surface area contributed by atoms with Crippen molar-refractivity contribution in [1.29, 1.82) is 0 Å². The maximum atomic E-state index is 12.6. The van der Waals surface area contributed by atoms with E-state index in [4.69, 9.17) is 4.74 Å². The number of ether oxygens (including phenoxy) is 1. The third-order valence-corrected chi connectivity index (χ3v) is 4.39. The molecule has 0 aliphatic carbocycles. The molecule has 1 aliphatic heterocycles. The molecular formula is C20H22N2O3. The molecule has 5 nitrogen and oxygen atoms in total. The first kappa shape index (κ1) is 17.0. The average molecular weight is 338 g/mol. The van der Waals surface area contributed by atoms with Gasteiger partial charge in [0.05, 0.1) is 13.5 Å². The molecule has 1 heterocycles. The van der Waals surface area contributed by atoms with Crippen LogP contribution in [-0.2, 0) is 16.0 Å². The van der Waals surface area contributed by atoms with E-state index in [9.17, 15) is 9.59 Å². The minimum absolute atomic E-state index is 0.0529. The lowest BCUT2D eigenvalue weighted by molar-refractivity contribution is -0.126. The molecule has 1 saturated heterocycles. The Balaban J connectivity index is 1.60. The lowest BCUT2D eigenvalue weighted by Gasteiger charge is -2.17. The Morgan fingerprint density at radius 2 is 2.00 bits per heavy atom. The molecular weight excluding hydrogens is 316 g/mol. The molecule has 2 aromatic carbocycles. The summed E-state index contributed by atoms with van der Waals surface area (Å²) in [5.41, 5.74) is 2.89. The fraction of sp³-hybridized carbons (Fsp3) is 0.300. The van der Waals surface area contributed by atoms with Crippen LogP contribution in [0.5, 0.6) is 5.75 Å². The third-order valence-electron chi connectivity index (χ3n) is 4.39. The quantitative estimate of drug-likeness (QED) is 0.911. The second kappa shape index (κ2) is 7.38. The number of rotatable bonds is 5. The number of benzene rings is 2. The number of aryl methyl sites for hydroxylation is 1. The van der Waals surface area contributed by atoms with Gasteiger partial charge in [0.25, 0.3) is 0 Å². The highest BCUT2D eigenvalue weighted by Gasteiger charge is 2.33. The van der Waals surface area contributed by atoms with E-state index in [2.05, 4.69) is 5.32 Å². The Bertz CT molecular complexity index is 771. The molecule has 25 heavy (non-hydrogen) atoms. The first-order valence-electron chi connectivity index (χ1n) is 8.37. The van der Waals surface area contributed by atoms with Gasteiger partial charge in [0.1, 0.15) is 11.8 Å². The predicted octanol–water partition coefficient (Wildman–Crippen LogP) is 2.47. The van der Waals surface area contributed by atoms with Crippen LogP contribution in [0.15, 0.2) is 48.5 Å². The molecule has 130 valence electrons. The van der Waals surface area contributed by atoms with E-state index >= 15 is 0 Å². The molecule has 1 fully saturated rings. The van der Waals surface area contributed by atoms with Gasteiger partial charge in [-0.1, -0.05) is 29.8 Å². The monoisotopic (exact) mass is 338 g/mol. The van der Waals surface area contributed by atoms with Gasteiger partial charge in [-0.25, -0.2) is 0 Å². The number of methoxy groups -OCH3 is 1. The predicted molar refractivity (Wildman–Crippen MR) is 96.8 cm³/mol. The summed E-state index contributed by atoms with van der Waals surface area (Å²) in [5, 5.41) is 2.85. The zero-order chi connectivity index (χ0) is 17.8. The van der Waals surface area contributed by atoms with Crippen LogP contribution in [-0.4, -0.2) is 31.5 Å². The number of nitrogens with one attached hydrogen (secondary N) is 1. The minimum atomic E-state index is -0.459. The fourth-order valence-electron chi connectivity index (χ4n) is 3.01. The topological polar surface area (TPSA) is 58.6 Å². The number of carbonyl (C=O) groups excluding carboxylic acids is 2. The number of hydrogen-bond acceptors (Lipinski definition) is 3. The van der Waals surface area contributed by atoms with E-state index in [1.54, 1.807) is 12.0 Å². The zero-order valence-corrected chi connectivity index (χ0v) is 14.5. The van der Waals surface area contributed by atoms with Gasteiger partial charge in [-0.05, 0) is 43.2 Å². The van der Waals surface area contributed by atoms with Gasteiger partial charge in [0, 0.05) is 12.2 Å². The van der Waals surface area contributed by atoms with E-state index in [1.807, 2.05) is 55.5 Å². The number of anilines is 1. The largest absolute Gasteiger partial charge is 0.497 e. The lowest BCUT2D eigenvalue weighted by Crippen LogP contribution is -2.42. The molecule has 0 aromatic heterocycles. The van der Waals surface area contributed by atoms with Crippen LogP contribution < -0.4 is 15.0 Å². The first-order valence-corrected chi connectivity index (χ1v) is 8.37. The summed E-state index contributed by atoms with van der Waals surface area (Å²) >= 11 is 0. The van der Waals surface area contributed by atoms with E-state index in [1.165, 1.54) is 0 Å². The Morgan fingerprint density at radius 3 is 2.72 bits per heavy atom. The Hall–Kier alpha value is -2.82. The number of hydrogen-bond donors (Lipinski definition) is 1. The highest BCUT2D eigenvalue weighted by atomic mass is 16.5. The van der Waals surface area contributed by atoms with Crippen molar-refractivity contribution in [1.82, 2.24) is 5.32 Å². The Labute approximate surface area is 147 Å². The average Bonchev–Trinajstić information content (AvgIpc) is 2.96. The summed E-state index contributed by atoms with van der Waals surface area (Å²) in [7, 11) is 1.59. The van der Waals surface area contributed by atoms with Crippen LogP contribution in [0.3, 0.4) is 0 Å². The summed E-state index contributed by atoms with van der Waals surface area (Å²) in [6, 6.07) is 14.8. The van der Waals surface area contributed by atoms with Crippen molar-refractivity contribution in [2.24, 2.45) is 0 Å². The van der Waals surface area contributed by atoms with E-state index in [0.29, 0.717) is 18.7 Å². The summed E-state index contributed by atoms with van der Waals surface area (Å²) in [4.78, 5) is 26.6. The molecule has 0 spiro atoms. The first-order chi connectivity index (χ1) is 12.1. The number of amides is 2. The molecule has 0 bridgehead atoms. The van der Waals surface area contributed by atoms with Crippen molar-refractivity contribution in [2.75, 3.05) is 18.6 Å². The molecule has 1 N–H and O–H groups in total. The fourth-order valence-corrected chi connectivity index (χ4v) is 3.01. The van der Waals surface area contributed by atoms with Gasteiger partial charge in [0.15, 0.2) is 0 Å². The van der Waals surface area contributed by atoms with E-state index in [0.717, 1.165) is 16.8 Å². The SMILES string of the molecule is COc1cccc(CC(=O)N[C@@H]2CCN(c3ccc(C)cc3)C2=O)c1. The van der Waals surface area contributed by atoms with Gasteiger partial charge in [0.2, 0.25) is 11.8 Å². The Kier molecular flexibility index (Phi) is 5.03. The van der Waals surface area contributed by atoms with Gasteiger partial charge in [-0.15, -0.1) is 0 Å². The van der Waals surface area contributed by atoms with Gasteiger partial charge in [-0.3, -0.25) is 9.59 Å².